The van der Waals surface area contributed by atoms with Crippen molar-refractivity contribution in [1.29, 1.82) is 5.41 Å². The molecule has 0 atom stereocenters. The summed E-state index contributed by atoms with van der Waals surface area (Å²) in [5.41, 5.74) is 6.04. The summed E-state index contributed by atoms with van der Waals surface area (Å²) in [6.07, 6.45) is -0.0896. The molecule has 0 aliphatic heterocycles. The highest BCUT2D eigenvalue weighted by atomic mass is 16.6. The maximum absolute atomic E-state index is 11.7. The van der Waals surface area contributed by atoms with E-state index in [1.54, 1.807) is 6.92 Å². The van der Waals surface area contributed by atoms with Crippen LogP contribution in [0.5, 0.6) is 0 Å². The summed E-state index contributed by atoms with van der Waals surface area (Å²) in [6.45, 7) is 2.42. The average molecular weight is 235 g/mol. The summed E-state index contributed by atoms with van der Waals surface area (Å²) in [5.74, 6) is 0.0511. The zero-order chi connectivity index (χ0) is 12.7. The molecule has 5 nitrogen and oxygen atoms in total. The van der Waals surface area contributed by atoms with Gasteiger partial charge in [0.25, 0.3) is 0 Å². The van der Waals surface area contributed by atoms with Crippen LogP contribution in [0, 0.1) is 5.41 Å². The van der Waals surface area contributed by atoms with Crippen molar-refractivity contribution >= 4 is 17.6 Å². The molecule has 0 saturated carbocycles. The van der Waals surface area contributed by atoms with Gasteiger partial charge < -0.3 is 10.5 Å². The lowest BCUT2D eigenvalue weighted by molar-refractivity contribution is 0.160. The monoisotopic (exact) mass is 235 g/mol. The van der Waals surface area contributed by atoms with E-state index in [9.17, 15) is 4.79 Å². The lowest BCUT2D eigenvalue weighted by Crippen LogP contribution is -2.34. The van der Waals surface area contributed by atoms with Crippen molar-refractivity contribution in [2.24, 2.45) is 5.73 Å². The first-order valence-electron chi connectivity index (χ1n) is 5.47. The number of rotatable bonds is 5. The van der Waals surface area contributed by atoms with E-state index < -0.39 is 6.09 Å². The van der Waals surface area contributed by atoms with Gasteiger partial charge in [-0.05, 0) is 19.1 Å². The third kappa shape index (κ3) is 4.14. The lowest BCUT2D eigenvalue weighted by Gasteiger charge is -2.21. The minimum atomic E-state index is -0.417. The smallest absolute Gasteiger partial charge is 0.414 e. The van der Waals surface area contributed by atoms with Crippen molar-refractivity contribution in [2.75, 3.05) is 18.1 Å². The number of amides is 1. The van der Waals surface area contributed by atoms with Gasteiger partial charge in [-0.3, -0.25) is 10.3 Å². The Morgan fingerprint density at radius 1 is 1.41 bits per heavy atom. The quantitative estimate of drug-likeness (QED) is 0.605. The van der Waals surface area contributed by atoms with E-state index in [0.717, 1.165) is 5.69 Å². The highest BCUT2D eigenvalue weighted by Crippen LogP contribution is 2.14. The molecule has 0 aliphatic rings. The molecule has 0 bridgehead atoms. The SMILES string of the molecule is CCOC(=O)N(CCC(=N)N)c1ccccc1. The van der Waals surface area contributed by atoms with E-state index in [0.29, 0.717) is 19.6 Å². The molecular weight excluding hydrogens is 218 g/mol. The number of nitrogens with one attached hydrogen (secondary N) is 1. The molecule has 0 saturated heterocycles. The second kappa shape index (κ2) is 6.52. The van der Waals surface area contributed by atoms with Crippen LogP contribution in [0.1, 0.15) is 13.3 Å². The maximum Gasteiger partial charge on any atom is 0.414 e. The summed E-state index contributed by atoms with van der Waals surface area (Å²) >= 11 is 0. The summed E-state index contributed by atoms with van der Waals surface area (Å²) < 4.78 is 4.97. The molecule has 5 heteroatoms. The number of nitrogens with two attached hydrogens (primary N) is 1. The third-order valence-corrected chi connectivity index (χ3v) is 2.16. The normalized spacial score (nSPS) is 9.71. The van der Waals surface area contributed by atoms with Gasteiger partial charge in [0.15, 0.2) is 0 Å². The van der Waals surface area contributed by atoms with Crippen LogP contribution in [0.3, 0.4) is 0 Å². The minimum Gasteiger partial charge on any atom is -0.449 e. The second-order valence-corrected chi connectivity index (χ2v) is 3.46. The van der Waals surface area contributed by atoms with Crippen molar-refractivity contribution in [3.63, 3.8) is 0 Å². The molecule has 92 valence electrons. The number of para-hydroxylation sites is 1. The number of benzene rings is 1. The highest BCUT2D eigenvalue weighted by molar-refractivity contribution is 5.88. The van der Waals surface area contributed by atoms with Crippen LogP contribution in [0.25, 0.3) is 0 Å². The molecule has 1 aromatic rings. The summed E-state index contributed by atoms with van der Waals surface area (Å²) in [4.78, 5) is 13.2. The predicted octanol–water partition coefficient (Wildman–Crippen LogP) is 1.98. The summed E-state index contributed by atoms with van der Waals surface area (Å²) in [7, 11) is 0. The van der Waals surface area contributed by atoms with Crippen molar-refractivity contribution < 1.29 is 9.53 Å². The van der Waals surface area contributed by atoms with Gasteiger partial charge in [0.2, 0.25) is 0 Å². The number of hydrogen-bond acceptors (Lipinski definition) is 3. The van der Waals surface area contributed by atoms with Gasteiger partial charge in [0.1, 0.15) is 0 Å². The Kier molecular flexibility index (Phi) is 5.00. The summed E-state index contributed by atoms with van der Waals surface area (Å²) in [5, 5.41) is 7.19. The standard InChI is InChI=1S/C12H17N3O2/c1-2-17-12(16)15(9-8-11(13)14)10-6-4-3-5-7-10/h3-7H,2,8-9H2,1H3,(H3,13,14). The highest BCUT2D eigenvalue weighted by Gasteiger charge is 2.16. The van der Waals surface area contributed by atoms with E-state index in [4.69, 9.17) is 15.9 Å². The third-order valence-electron chi connectivity index (χ3n) is 2.16. The van der Waals surface area contributed by atoms with Crippen LogP contribution in [0.4, 0.5) is 10.5 Å². The molecule has 17 heavy (non-hydrogen) atoms. The fraction of sp³-hybridized carbons (Fsp3) is 0.333. The Bertz CT molecular complexity index is 379. The van der Waals surface area contributed by atoms with Gasteiger partial charge in [0.05, 0.1) is 12.4 Å². The van der Waals surface area contributed by atoms with Gasteiger partial charge in [-0.25, -0.2) is 4.79 Å². The molecule has 1 amide bonds. The van der Waals surface area contributed by atoms with E-state index in [2.05, 4.69) is 0 Å². The second-order valence-electron chi connectivity index (χ2n) is 3.46. The minimum absolute atomic E-state index is 0.0511. The van der Waals surface area contributed by atoms with Crippen molar-refractivity contribution in [3.05, 3.63) is 30.3 Å². The Morgan fingerprint density at radius 3 is 2.59 bits per heavy atom. The molecule has 0 spiro atoms. The number of nitrogens with zero attached hydrogens (tertiary/aromatic N) is 1. The van der Waals surface area contributed by atoms with Crippen LogP contribution >= 0.6 is 0 Å². The Balaban J connectivity index is 2.78. The zero-order valence-electron chi connectivity index (χ0n) is 9.85. The molecule has 0 aromatic heterocycles. The predicted molar refractivity (Wildman–Crippen MR) is 67.3 cm³/mol. The van der Waals surface area contributed by atoms with Crippen LogP contribution in [-0.2, 0) is 4.74 Å². The van der Waals surface area contributed by atoms with Gasteiger partial charge in [-0.1, -0.05) is 18.2 Å². The van der Waals surface area contributed by atoms with Gasteiger partial charge in [-0.2, -0.15) is 0 Å². The molecule has 0 unspecified atom stereocenters. The molecular formula is C12H17N3O2. The van der Waals surface area contributed by atoms with E-state index in [1.165, 1.54) is 4.90 Å². The van der Waals surface area contributed by atoms with Crippen LogP contribution < -0.4 is 10.6 Å². The van der Waals surface area contributed by atoms with Gasteiger partial charge in [0, 0.05) is 18.7 Å². The molecule has 0 heterocycles. The van der Waals surface area contributed by atoms with Crippen molar-refractivity contribution in [2.45, 2.75) is 13.3 Å². The Labute approximate surface area is 101 Å². The topological polar surface area (TPSA) is 79.4 Å². The van der Waals surface area contributed by atoms with Crippen LogP contribution in [0.2, 0.25) is 0 Å². The van der Waals surface area contributed by atoms with E-state index in [-0.39, 0.29) is 5.84 Å². The van der Waals surface area contributed by atoms with E-state index >= 15 is 0 Å². The Morgan fingerprint density at radius 2 is 2.06 bits per heavy atom. The fourth-order valence-electron chi connectivity index (χ4n) is 1.37. The van der Waals surface area contributed by atoms with Crippen molar-refractivity contribution in [3.8, 4) is 0 Å². The molecule has 0 radical (unpaired) electrons. The first-order chi connectivity index (χ1) is 8.15. The van der Waals surface area contributed by atoms with Gasteiger partial charge >= 0.3 is 6.09 Å². The lowest BCUT2D eigenvalue weighted by atomic mass is 10.2. The maximum atomic E-state index is 11.7. The molecule has 1 rings (SSSR count). The Hall–Kier alpha value is -2.04. The number of amidine groups is 1. The van der Waals surface area contributed by atoms with Crippen LogP contribution in [0.15, 0.2) is 30.3 Å². The zero-order valence-corrected chi connectivity index (χ0v) is 9.85. The number of anilines is 1. The first-order valence-corrected chi connectivity index (χ1v) is 5.47. The largest absolute Gasteiger partial charge is 0.449 e. The molecule has 1 aromatic carbocycles. The number of carbonyl (C=O) groups is 1. The first kappa shape index (κ1) is 13.0. The van der Waals surface area contributed by atoms with Crippen LogP contribution in [-0.4, -0.2) is 25.1 Å². The van der Waals surface area contributed by atoms with E-state index in [1.807, 2.05) is 30.3 Å². The number of hydrogen-bond donors (Lipinski definition) is 2. The molecule has 0 fully saturated rings. The van der Waals surface area contributed by atoms with Gasteiger partial charge in [-0.15, -0.1) is 0 Å². The number of ether oxygens (including phenoxy) is 1. The molecule has 0 aliphatic carbocycles. The number of carbonyl (C=O) groups excluding carboxylic acids is 1. The summed E-state index contributed by atoms with van der Waals surface area (Å²) in [6, 6.07) is 9.19. The average Bonchev–Trinajstić information content (AvgIpc) is 2.30. The van der Waals surface area contributed by atoms with Crippen molar-refractivity contribution in [1.82, 2.24) is 0 Å². The molecule has 3 N–H and O–H groups in total. The fourth-order valence-corrected chi connectivity index (χ4v) is 1.37.